The highest BCUT2D eigenvalue weighted by molar-refractivity contribution is 5.66. The lowest BCUT2D eigenvalue weighted by molar-refractivity contribution is -0.274. The summed E-state index contributed by atoms with van der Waals surface area (Å²) < 4.78 is 39.5. The van der Waals surface area contributed by atoms with E-state index in [9.17, 15) is 18.0 Å². The first-order chi connectivity index (χ1) is 8.87. The number of rotatable bonds is 7. The zero-order valence-corrected chi connectivity index (χ0v) is 10.0. The number of nitrogens with one attached hydrogen (secondary N) is 1. The normalized spacial score (nSPS) is 11.3. The molecule has 0 aliphatic carbocycles. The maximum Gasteiger partial charge on any atom is 0.573 e. The van der Waals surface area contributed by atoms with Crippen molar-refractivity contribution in [1.82, 2.24) is 5.32 Å². The Bertz CT molecular complexity index is 404. The van der Waals surface area contributed by atoms with E-state index in [1.165, 1.54) is 24.3 Å². The Hall–Kier alpha value is -1.76. The zero-order valence-electron chi connectivity index (χ0n) is 10.0. The van der Waals surface area contributed by atoms with E-state index in [2.05, 4.69) is 10.1 Å². The SMILES string of the molecule is O=C(O)CCCNCc1ccc(OC(F)(F)F)cc1. The molecule has 0 amide bonds. The number of carboxylic acid groups (broad SMARTS) is 1. The summed E-state index contributed by atoms with van der Waals surface area (Å²) in [5.74, 6) is -1.11. The number of ether oxygens (including phenoxy) is 1. The van der Waals surface area contributed by atoms with Gasteiger partial charge in [0.25, 0.3) is 0 Å². The molecule has 0 unspecified atom stereocenters. The summed E-state index contributed by atoms with van der Waals surface area (Å²) in [5.41, 5.74) is 0.796. The van der Waals surface area contributed by atoms with Crippen LogP contribution in [0.4, 0.5) is 13.2 Å². The molecule has 0 saturated carbocycles. The van der Waals surface area contributed by atoms with Crippen LogP contribution in [0.25, 0.3) is 0 Å². The molecule has 0 aliphatic rings. The number of halogens is 3. The molecule has 4 nitrogen and oxygen atoms in total. The van der Waals surface area contributed by atoms with Gasteiger partial charge in [0.2, 0.25) is 0 Å². The van der Waals surface area contributed by atoms with Crippen LogP contribution in [0.15, 0.2) is 24.3 Å². The lowest BCUT2D eigenvalue weighted by atomic mass is 10.2. The van der Waals surface area contributed by atoms with Gasteiger partial charge in [0.15, 0.2) is 0 Å². The van der Waals surface area contributed by atoms with Crippen molar-refractivity contribution in [2.75, 3.05) is 6.54 Å². The van der Waals surface area contributed by atoms with Crippen molar-refractivity contribution < 1.29 is 27.8 Å². The van der Waals surface area contributed by atoms with E-state index in [1.54, 1.807) is 0 Å². The number of hydrogen-bond acceptors (Lipinski definition) is 3. The fourth-order valence-corrected chi connectivity index (χ4v) is 1.41. The van der Waals surface area contributed by atoms with Crippen molar-refractivity contribution in [3.05, 3.63) is 29.8 Å². The van der Waals surface area contributed by atoms with E-state index in [-0.39, 0.29) is 12.2 Å². The van der Waals surface area contributed by atoms with Crippen molar-refractivity contribution >= 4 is 5.97 Å². The Labute approximate surface area is 108 Å². The van der Waals surface area contributed by atoms with Crippen molar-refractivity contribution in [1.29, 1.82) is 0 Å². The first-order valence-electron chi connectivity index (χ1n) is 5.64. The zero-order chi connectivity index (χ0) is 14.3. The fraction of sp³-hybridized carbons (Fsp3) is 0.417. The van der Waals surface area contributed by atoms with E-state index in [1.807, 2.05) is 0 Å². The van der Waals surface area contributed by atoms with Crippen molar-refractivity contribution in [2.45, 2.75) is 25.7 Å². The van der Waals surface area contributed by atoms with Crippen molar-refractivity contribution in [3.8, 4) is 5.75 Å². The van der Waals surface area contributed by atoms with Gasteiger partial charge in [-0.1, -0.05) is 12.1 Å². The second kappa shape index (κ2) is 6.98. The van der Waals surface area contributed by atoms with Crippen LogP contribution in [0.1, 0.15) is 18.4 Å². The molecule has 0 bridgehead atoms. The lowest BCUT2D eigenvalue weighted by Crippen LogP contribution is -2.17. The standard InChI is InChI=1S/C12H14F3NO3/c13-12(14,15)19-10-5-3-9(4-6-10)8-16-7-1-2-11(17)18/h3-6,16H,1-2,7-8H2,(H,17,18). The third-order valence-corrected chi connectivity index (χ3v) is 2.23. The van der Waals surface area contributed by atoms with E-state index in [0.717, 1.165) is 5.56 Å². The van der Waals surface area contributed by atoms with E-state index >= 15 is 0 Å². The first-order valence-corrected chi connectivity index (χ1v) is 5.64. The van der Waals surface area contributed by atoms with Gasteiger partial charge in [-0.2, -0.15) is 0 Å². The van der Waals surface area contributed by atoms with Crippen LogP contribution in [0, 0.1) is 0 Å². The molecule has 7 heteroatoms. The van der Waals surface area contributed by atoms with Gasteiger partial charge >= 0.3 is 12.3 Å². The second-order valence-corrected chi connectivity index (χ2v) is 3.87. The Kier molecular flexibility index (Phi) is 5.62. The molecule has 0 heterocycles. The predicted octanol–water partition coefficient (Wildman–Crippen LogP) is 2.54. The quantitative estimate of drug-likeness (QED) is 0.752. The lowest BCUT2D eigenvalue weighted by Gasteiger charge is -2.09. The highest BCUT2D eigenvalue weighted by Gasteiger charge is 2.30. The molecular weight excluding hydrogens is 263 g/mol. The Balaban J connectivity index is 2.30. The van der Waals surface area contributed by atoms with Crippen LogP contribution in [0.3, 0.4) is 0 Å². The summed E-state index contributed by atoms with van der Waals surface area (Å²) in [6.07, 6.45) is -4.09. The first kappa shape index (κ1) is 15.3. The number of alkyl halides is 3. The van der Waals surface area contributed by atoms with Crippen molar-refractivity contribution in [3.63, 3.8) is 0 Å². The predicted molar refractivity (Wildman–Crippen MR) is 61.7 cm³/mol. The summed E-state index contributed by atoms with van der Waals surface area (Å²) in [6.45, 7) is 0.999. The van der Waals surface area contributed by atoms with E-state index < -0.39 is 12.3 Å². The Morgan fingerprint density at radius 3 is 2.42 bits per heavy atom. The number of carbonyl (C=O) groups is 1. The summed E-state index contributed by atoms with van der Waals surface area (Å²) in [4.78, 5) is 10.3. The smallest absolute Gasteiger partial charge is 0.481 e. The second-order valence-electron chi connectivity index (χ2n) is 3.87. The van der Waals surface area contributed by atoms with Crippen LogP contribution in [0.2, 0.25) is 0 Å². The minimum atomic E-state index is -4.68. The van der Waals surface area contributed by atoms with E-state index in [4.69, 9.17) is 5.11 Å². The average Bonchev–Trinajstić information content (AvgIpc) is 2.28. The van der Waals surface area contributed by atoms with E-state index in [0.29, 0.717) is 19.5 Å². The molecule has 1 rings (SSSR count). The molecule has 0 atom stereocenters. The molecule has 0 spiro atoms. The van der Waals surface area contributed by atoms with Crippen LogP contribution < -0.4 is 10.1 Å². The molecule has 106 valence electrons. The average molecular weight is 277 g/mol. The summed E-state index contributed by atoms with van der Waals surface area (Å²) >= 11 is 0. The van der Waals surface area contributed by atoms with Crippen LogP contribution in [-0.2, 0) is 11.3 Å². The summed E-state index contributed by atoms with van der Waals surface area (Å²) in [5, 5.41) is 11.4. The minimum absolute atomic E-state index is 0.0887. The Morgan fingerprint density at radius 1 is 1.26 bits per heavy atom. The maximum atomic E-state index is 11.9. The van der Waals surface area contributed by atoms with Gasteiger partial charge in [-0.15, -0.1) is 13.2 Å². The molecule has 0 saturated heterocycles. The fourth-order valence-electron chi connectivity index (χ4n) is 1.41. The Morgan fingerprint density at radius 2 is 1.89 bits per heavy atom. The number of hydrogen-bond donors (Lipinski definition) is 2. The number of aliphatic carboxylic acids is 1. The highest BCUT2D eigenvalue weighted by atomic mass is 19.4. The minimum Gasteiger partial charge on any atom is -0.481 e. The number of benzene rings is 1. The van der Waals surface area contributed by atoms with Gasteiger partial charge in [-0.05, 0) is 30.7 Å². The van der Waals surface area contributed by atoms with Crippen molar-refractivity contribution in [2.24, 2.45) is 0 Å². The topological polar surface area (TPSA) is 58.6 Å². The molecule has 1 aromatic carbocycles. The summed E-state index contributed by atoms with van der Waals surface area (Å²) in [7, 11) is 0. The molecule has 2 N–H and O–H groups in total. The van der Waals surface area contributed by atoms with Gasteiger partial charge in [-0.25, -0.2) is 0 Å². The third-order valence-electron chi connectivity index (χ3n) is 2.23. The third kappa shape index (κ3) is 7.30. The van der Waals surface area contributed by atoms with Gasteiger partial charge in [0.1, 0.15) is 5.75 Å². The van der Waals surface area contributed by atoms with Gasteiger partial charge < -0.3 is 15.2 Å². The highest BCUT2D eigenvalue weighted by Crippen LogP contribution is 2.22. The molecule has 19 heavy (non-hydrogen) atoms. The largest absolute Gasteiger partial charge is 0.573 e. The van der Waals surface area contributed by atoms with Crippen LogP contribution in [0.5, 0.6) is 5.75 Å². The van der Waals surface area contributed by atoms with Gasteiger partial charge in [0, 0.05) is 13.0 Å². The maximum absolute atomic E-state index is 11.9. The molecule has 0 aromatic heterocycles. The van der Waals surface area contributed by atoms with Crippen LogP contribution in [-0.4, -0.2) is 24.0 Å². The molecule has 0 radical (unpaired) electrons. The van der Waals surface area contributed by atoms with Crippen LogP contribution >= 0.6 is 0 Å². The summed E-state index contributed by atoms with van der Waals surface area (Å²) in [6, 6.07) is 5.51. The molecule has 0 aliphatic heterocycles. The molecule has 0 fully saturated rings. The monoisotopic (exact) mass is 277 g/mol. The molecule has 1 aromatic rings. The van der Waals surface area contributed by atoms with Gasteiger partial charge in [-0.3, -0.25) is 4.79 Å². The number of carboxylic acids is 1. The van der Waals surface area contributed by atoms with Gasteiger partial charge in [0.05, 0.1) is 0 Å². The molecular formula is C12H14F3NO3.